The maximum Gasteiger partial charge on any atom is 0.340 e. The molecule has 0 saturated heterocycles. The van der Waals surface area contributed by atoms with E-state index in [1.54, 1.807) is 42.4 Å². The highest BCUT2D eigenvalue weighted by Gasteiger charge is 2.37. The molecule has 4 rings (SSSR count). The van der Waals surface area contributed by atoms with Crippen molar-refractivity contribution in [2.24, 2.45) is 0 Å². The van der Waals surface area contributed by atoms with Gasteiger partial charge in [0.25, 0.3) is 5.91 Å². The summed E-state index contributed by atoms with van der Waals surface area (Å²) in [5.41, 5.74) is 5.31. The van der Waals surface area contributed by atoms with Gasteiger partial charge in [-0.3, -0.25) is 9.78 Å². The van der Waals surface area contributed by atoms with Crippen LogP contribution in [0.1, 0.15) is 29.4 Å². The molecule has 1 aliphatic rings. The summed E-state index contributed by atoms with van der Waals surface area (Å²) < 4.78 is 7.00. The zero-order chi connectivity index (χ0) is 24.6. The molecule has 34 heavy (non-hydrogen) atoms. The molecule has 8 heteroatoms. The van der Waals surface area contributed by atoms with Crippen molar-refractivity contribution >= 4 is 41.2 Å². The van der Waals surface area contributed by atoms with E-state index in [1.807, 2.05) is 42.7 Å². The third-order valence-electron chi connectivity index (χ3n) is 5.89. The van der Waals surface area contributed by atoms with Gasteiger partial charge in [0.1, 0.15) is 0 Å². The third kappa shape index (κ3) is 4.27. The molecule has 0 radical (unpaired) electrons. The number of hydrogen-bond acceptors (Lipinski definition) is 4. The number of nitrogens with zero attached hydrogens (tertiary/aromatic N) is 3. The Kier molecular flexibility index (Phi) is 6.64. The lowest BCUT2D eigenvalue weighted by Gasteiger charge is -2.17. The fraction of sp³-hybridized carbons (Fsp3) is 0.192. The van der Waals surface area contributed by atoms with Gasteiger partial charge in [-0.2, -0.15) is 0 Å². The van der Waals surface area contributed by atoms with Crippen LogP contribution in [0.5, 0.6) is 0 Å². The normalized spacial score (nSPS) is 14.9. The molecular weight excluding hydrogens is 473 g/mol. The molecule has 3 heterocycles. The number of ether oxygens (including phenoxy) is 1. The fourth-order valence-electron chi connectivity index (χ4n) is 4.22. The summed E-state index contributed by atoms with van der Waals surface area (Å²) in [7, 11) is 1.31. The number of rotatable bonds is 5. The summed E-state index contributed by atoms with van der Waals surface area (Å²) in [6, 6.07) is 11.0. The molecular formula is C26H23Cl2N3O3. The van der Waals surface area contributed by atoms with Crippen molar-refractivity contribution in [3.8, 4) is 5.69 Å². The van der Waals surface area contributed by atoms with E-state index in [4.69, 9.17) is 27.9 Å². The van der Waals surface area contributed by atoms with Crippen LogP contribution in [0.15, 0.2) is 65.6 Å². The van der Waals surface area contributed by atoms with Crippen LogP contribution < -0.4 is 0 Å². The van der Waals surface area contributed by atoms with Crippen LogP contribution in [0.25, 0.3) is 11.8 Å². The largest absolute Gasteiger partial charge is 0.465 e. The van der Waals surface area contributed by atoms with Crippen molar-refractivity contribution < 1.29 is 14.3 Å². The Bertz CT molecular complexity index is 1360. The minimum Gasteiger partial charge on any atom is -0.465 e. The molecule has 0 aliphatic carbocycles. The number of aromatic nitrogens is 2. The first-order valence-electron chi connectivity index (χ1n) is 10.6. The number of esters is 1. The van der Waals surface area contributed by atoms with Gasteiger partial charge in [0, 0.05) is 34.5 Å². The van der Waals surface area contributed by atoms with E-state index in [9.17, 15) is 9.59 Å². The number of amides is 1. The summed E-state index contributed by atoms with van der Waals surface area (Å²) >= 11 is 12.5. The van der Waals surface area contributed by atoms with Crippen molar-refractivity contribution in [2.45, 2.75) is 27.3 Å². The predicted octanol–water partition coefficient (Wildman–Crippen LogP) is 5.67. The van der Waals surface area contributed by atoms with Gasteiger partial charge in [-0.15, -0.1) is 0 Å². The quantitative estimate of drug-likeness (QED) is 0.337. The van der Waals surface area contributed by atoms with E-state index in [1.165, 1.54) is 7.11 Å². The summed E-state index contributed by atoms with van der Waals surface area (Å²) in [6.45, 7) is 5.94. The number of methoxy groups -OCH3 is 1. The SMILES string of the molecule is COC(=O)C1=C(C)N(Cc2cccnc2)C(=O)/C1=C\c1cc(C)n(-c2ccc(Cl)cc2Cl)c1C. The highest BCUT2D eigenvalue weighted by molar-refractivity contribution is 6.35. The Labute approximate surface area is 208 Å². The second-order valence-corrected chi connectivity index (χ2v) is 8.86. The van der Waals surface area contributed by atoms with Crippen molar-refractivity contribution in [1.82, 2.24) is 14.5 Å². The Morgan fingerprint density at radius 1 is 1.15 bits per heavy atom. The second kappa shape index (κ2) is 9.49. The minimum absolute atomic E-state index is 0.255. The topological polar surface area (TPSA) is 64.4 Å². The molecule has 0 fully saturated rings. The molecule has 1 amide bonds. The Morgan fingerprint density at radius 3 is 2.56 bits per heavy atom. The summed E-state index contributed by atoms with van der Waals surface area (Å²) in [6.07, 6.45) is 5.11. The van der Waals surface area contributed by atoms with E-state index >= 15 is 0 Å². The number of carbonyl (C=O) groups excluding carboxylic acids is 2. The Morgan fingerprint density at radius 2 is 1.91 bits per heavy atom. The highest BCUT2D eigenvalue weighted by Crippen LogP contribution is 2.35. The van der Waals surface area contributed by atoms with Crippen molar-refractivity contribution in [1.29, 1.82) is 0 Å². The highest BCUT2D eigenvalue weighted by atomic mass is 35.5. The van der Waals surface area contributed by atoms with E-state index in [0.717, 1.165) is 28.2 Å². The minimum atomic E-state index is -0.555. The van der Waals surface area contributed by atoms with Gasteiger partial charge in [0.15, 0.2) is 0 Å². The van der Waals surface area contributed by atoms with Gasteiger partial charge in [-0.05, 0) is 68.3 Å². The van der Waals surface area contributed by atoms with Gasteiger partial charge in [-0.1, -0.05) is 29.3 Å². The van der Waals surface area contributed by atoms with E-state index < -0.39 is 5.97 Å². The molecule has 174 valence electrons. The number of hydrogen-bond donors (Lipinski definition) is 0. The van der Waals surface area contributed by atoms with E-state index in [0.29, 0.717) is 22.3 Å². The van der Waals surface area contributed by atoms with E-state index in [2.05, 4.69) is 4.98 Å². The molecule has 3 aromatic rings. The number of allylic oxidation sites excluding steroid dienone is 1. The predicted molar refractivity (Wildman–Crippen MR) is 133 cm³/mol. The van der Waals surface area contributed by atoms with Crippen molar-refractivity contribution in [3.05, 3.63) is 98.2 Å². The maximum atomic E-state index is 13.5. The lowest BCUT2D eigenvalue weighted by atomic mass is 10.0. The average Bonchev–Trinajstić information content (AvgIpc) is 3.21. The van der Waals surface area contributed by atoms with Crippen LogP contribution in [0, 0.1) is 13.8 Å². The number of benzene rings is 1. The number of carbonyl (C=O) groups is 2. The molecule has 0 spiro atoms. The molecule has 0 bridgehead atoms. The maximum absolute atomic E-state index is 13.5. The molecule has 0 saturated carbocycles. The van der Waals surface area contributed by atoms with Crippen molar-refractivity contribution in [3.63, 3.8) is 0 Å². The number of aryl methyl sites for hydroxylation is 1. The van der Waals surface area contributed by atoms with Gasteiger partial charge in [0.05, 0.1) is 35.5 Å². The molecule has 0 atom stereocenters. The van der Waals surface area contributed by atoms with Gasteiger partial charge in [0.2, 0.25) is 0 Å². The Balaban J connectivity index is 1.80. The smallest absolute Gasteiger partial charge is 0.340 e. The van der Waals surface area contributed by atoms with Crippen molar-refractivity contribution in [2.75, 3.05) is 7.11 Å². The molecule has 2 aromatic heterocycles. The van der Waals surface area contributed by atoms with Crippen LogP contribution in [-0.4, -0.2) is 33.4 Å². The lowest BCUT2D eigenvalue weighted by Crippen LogP contribution is -2.24. The summed E-state index contributed by atoms with van der Waals surface area (Å²) in [5.74, 6) is -0.823. The Hall–Kier alpha value is -3.35. The number of halogens is 2. The van der Waals surface area contributed by atoms with Crippen LogP contribution in [-0.2, 0) is 20.9 Å². The zero-order valence-electron chi connectivity index (χ0n) is 19.2. The first-order chi connectivity index (χ1) is 16.2. The number of pyridine rings is 1. The molecule has 1 aliphatic heterocycles. The van der Waals surface area contributed by atoms with Gasteiger partial charge < -0.3 is 14.2 Å². The monoisotopic (exact) mass is 495 g/mol. The standard InChI is InChI=1S/C26H23Cl2N3O3/c1-15-10-19(16(2)31(15)23-8-7-20(27)12-22(23)28)11-21-24(26(33)34-4)17(3)30(25(21)32)14-18-6-5-9-29-13-18/h5-13H,14H2,1-4H3/b21-11-. The molecule has 0 unspecified atom stereocenters. The molecule has 0 N–H and O–H groups in total. The molecule has 6 nitrogen and oxygen atoms in total. The van der Waals surface area contributed by atoms with Gasteiger partial charge >= 0.3 is 5.97 Å². The first kappa shape index (κ1) is 23.8. The molecule has 1 aromatic carbocycles. The fourth-order valence-corrected chi connectivity index (χ4v) is 4.71. The third-order valence-corrected chi connectivity index (χ3v) is 6.42. The van der Waals surface area contributed by atoms with Gasteiger partial charge in [-0.25, -0.2) is 4.79 Å². The van der Waals surface area contributed by atoms with Crippen LogP contribution in [0.3, 0.4) is 0 Å². The van der Waals surface area contributed by atoms with Crippen LogP contribution >= 0.6 is 23.2 Å². The second-order valence-electron chi connectivity index (χ2n) is 8.02. The summed E-state index contributed by atoms with van der Waals surface area (Å²) in [5, 5.41) is 1.06. The first-order valence-corrected chi connectivity index (χ1v) is 11.3. The van der Waals surface area contributed by atoms with E-state index in [-0.39, 0.29) is 17.1 Å². The van der Waals surface area contributed by atoms with Crippen LogP contribution in [0.2, 0.25) is 10.0 Å². The average molecular weight is 496 g/mol. The summed E-state index contributed by atoms with van der Waals surface area (Å²) in [4.78, 5) is 31.8. The lowest BCUT2D eigenvalue weighted by molar-refractivity contribution is -0.136. The zero-order valence-corrected chi connectivity index (χ0v) is 20.7. The van der Waals surface area contributed by atoms with Crippen LogP contribution in [0.4, 0.5) is 0 Å².